The van der Waals surface area contributed by atoms with Crippen LogP contribution in [0.2, 0.25) is 0 Å². The monoisotopic (exact) mass is 371 g/mol. The van der Waals surface area contributed by atoms with E-state index >= 15 is 0 Å². The molecular formula is C23H25N5. The molecule has 0 atom stereocenters. The quantitative estimate of drug-likeness (QED) is 0.755. The van der Waals surface area contributed by atoms with Crippen molar-refractivity contribution >= 4 is 16.7 Å². The summed E-state index contributed by atoms with van der Waals surface area (Å²) in [5.74, 6) is 1.22. The zero-order valence-electron chi connectivity index (χ0n) is 16.1. The standard InChI is InChI=1S/C23H25N5/c24-15-17-4-6-18(7-5-17)16-25-19-8-9-21-22(14-19)28-13-12-27(20-2-1-3-20)11-10-23(28)26-21/h4-9,14,20,25H,1-3,10-13,16H2. The Morgan fingerprint density at radius 1 is 1.07 bits per heavy atom. The summed E-state index contributed by atoms with van der Waals surface area (Å²) in [5, 5.41) is 12.4. The maximum absolute atomic E-state index is 8.92. The van der Waals surface area contributed by atoms with Gasteiger partial charge in [-0.1, -0.05) is 18.6 Å². The number of hydrogen-bond donors (Lipinski definition) is 1. The lowest BCUT2D eigenvalue weighted by atomic mass is 9.91. The fraction of sp³-hybridized carbons (Fsp3) is 0.391. The molecule has 28 heavy (non-hydrogen) atoms. The Hall–Kier alpha value is -2.84. The average molecular weight is 371 g/mol. The normalized spacial score (nSPS) is 17.5. The summed E-state index contributed by atoms with van der Waals surface area (Å²) in [6.07, 6.45) is 5.17. The first kappa shape index (κ1) is 17.3. The minimum Gasteiger partial charge on any atom is -0.381 e. The highest BCUT2D eigenvalue weighted by Gasteiger charge is 2.27. The zero-order chi connectivity index (χ0) is 18.9. The molecule has 0 bridgehead atoms. The molecule has 2 heterocycles. The molecule has 1 aliphatic heterocycles. The van der Waals surface area contributed by atoms with Gasteiger partial charge >= 0.3 is 0 Å². The number of nitriles is 1. The predicted octanol–water partition coefficient (Wildman–Crippen LogP) is 3.93. The number of hydrogen-bond acceptors (Lipinski definition) is 4. The van der Waals surface area contributed by atoms with Crippen LogP contribution in [0, 0.1) is 11.3 Å². The van der Waals surface area contributed by atoms with Crippen molar-refractivity contribution in [1.29, 1.82) is 5.26 Å². The van der Waals surface area contributed by atoms with Gasteiger partial charge in [0.1, 0.15) is 5.82 Å². The SMILES string of the molecule is N#Cc1ccc(CNc2ccc3nc4n(c3c2)CCN(C2CCC2)CC4)cc1. The van der Waals surface area contributed by atoms with E-state index in [4.69, 9.17) is 10.2 Å². The summed E-state index contributed by atoms with van der Waals surface area (Å²) < 4.78 is 2.42. The first-order valence-corrected chi connectivity index (χ1v) is 10.3. The van der Waals surface area contributed by atoms with Crippen LogP contribution in [0.5, 0.6) is 0 Å². The van der Waals surface area contributed by atoms with Gasteiger partial charge < -0.3 is 9.88 Å². The summed E-state index contributed by atoms with van der Waals surface area (Å²) in [5.41, 5.74) is 5.30. The topological polar surface area (TPSA) is 56.9 Å². The van der Waals surface area contributed by atoms with E-state index in [2.05, 4.69) is 39.1 Å². The number of fused-ring (bicyclic) bond motifs is 3. The van der Waals surface area contributed by atoms with Crippen molar-refractivity contribution in [2.24, 2.45) is 0 Å². The van der Waals surface area contributed by atoms with E-state index in [0.717, 1.165) is 49.8 Å². The van der Waals surface area contributed by atoms with E-state index < -0.39 is 0 Å². The zero-order valence-corrected chi connectivity index (χ0v) is 16.1. The van der Waals surface area contributed by atoms with E-state index in [1.807, 2.05) is 24.3 Å². The fourth-order valence-electron chi connectivity index (χ4n) is 4.33. The van der Waals surface area contributed by atoms with Crippen molar-refractivity contribution in [3.8, 4) is 6.07 Å². The van der Waals surface area contributed by atoms with Crippen molar-refractivity contribution in [2.45, 2.75) is 44.8 Å². The van der Waals surface area contributed by atoms with Crippen LogP contribution in [0.1, 0.15) is 36.2 Å². The molecule has 0 spiro atoms. The van der Waals surface area contributed by atoms with E-state index in [-0.39, 0.29) is 0 Å². The van der Waals surface area contributed by atoms with E-state index in [0.29, 0.717) is 5.56 Å². The van der Waals surface area contributed by atoms with Gasteiger partial charge in [0.15, 0.2) is 0 Å². The van der Waals surface area contributed by atoms with Crippen molar-refractivity contribution in [2.75, 3.05) is 18.4 Å². The molecule has 0 saturated heterocycles. The molecule has 5 rings (SSSR count). The molecule has 5 nitrogen and oxygen atoms in total. The van der Waals surface area contributed by atoms with Crippen LogP contribution in [0.4, 0.5) is 5.69 Å². The van der Waals surface area contributed by atoms with Crippen LogP contribution in [0.3, 0.4) is 0 Å². The molecule has 1 aromatic heterocycles. The van der Waals surface area contributed by atoms with Gasteiger partial charge in [0, 0.05) is 44.3 Å². The maximum Gasteiger partial charge on any atom is 0.111 e. The Labute approximate surface area is 165 Å². The molecule has 5 heteroatoms. The molecule has 0 amide bonds. The van der Waals surface area contributed by atoms with E-state index in [1.54, 1.807) is 0 Å². The Morgan fingerprint density at radius 2 is 1.93 bits per heavy atom. The smallest absolute Gasteiger partial charge is 0.111 e. The van der Waals surface area contributed by atoms with Gasteiger partial charge in [-0.3, -0.25) is 4.90 Å². The number of nitrogens with zero attached hydrogens (tertiary/aromatic N) is 4. The summed E-state index contributed by atoms with van der Waals surface area (Å²) in [7, 11) is 0. The molecule has 1 N–H and O–H groups in total. The van der Waals surface area contributed by atoms with Crippen molar-refractivity contribution < 1.29 is 0 Å². The number of imidazole rings is 1. The van der Waals surface area contributed by atoms with Gasteiger partial charge in [-0.15, -0.1) is 0 Å². The summed E-state index contributed by atoms with van der Waals surface area (Å²) in [4.78, 5) is 7.57. The number of aromatic nitrogens is 2. The second-order valence-electron chi connectivity index (χ2n) is 7.92. The molecule has 3 aromatic rings. The Bertz CT molecular complexity index is 1020. The molecule has 2 aromatic carbocycles. The van der Waals surface area contributed by atoms with Crippen molar-refractivity contribution in [3.05, 3.63) is 59.4 Å². The molecule has 142 valence electrons. The second-order valence-corrected chi connectivity index (χ2v) is 7.92. The highest BCUT2D eigenvalue weighted by Crippen LogP contribution is 2.28. The van der Waals surface area contributed by atoms with Crippen LogP contribution in [-0.2, 0) is 19.5 Å². The number of nitrogens with one attached hydrogen (secondary N) is 1. The van der Waals surface area contributed by atoms with Gasteiger partial charge in [0.05, 0.1) is 22.7 Å². The number of benzene rings is 2. The molecule has 1 aliphatic carbocycles. The van der Waals surface area contributed by atoms with Crippen LogP contribution in [0.15, 0.2) is 42.5 Å². The molecule has 1 saturated carbocycles. The van der Waals surface area contributed by atoms with Gasteiger partial charge in [-0.2, -0.15) is 5.26 Å². The minimum atomic E-state index is 0.697. The average Bonchev–Trinajstić information content (AvgIpc) is 2.91. The summed E-state index contributed by atoms with van der Waals surface area (Å²) >= 11 is 0. The first-order chi connectivity index (χ1) is 13.8. The van der Waals surface area contributed by atoms with Crippen LogP contribution in [-0.4, -0.2) is 33.6 Å². The van der Waals surface area contributed by atoms with E-state index in [1.165, 1.54) is 36.2 Å². The van der Waals surface area contributed by atoms with Crippen molar-refractivity contribution in [3.63, 3.8) is 0 Å². The lowest BCUT2D eigenvalue weighted by Crippen LogP contribution is -2.41. The maximum atomic E-state index is 8.92. The highest BCUT2D eigenvalue weighted by molar-refractivity contribution is 5.80. The number of anilines is 1. The molecule has 1 fully saturated rings. The van der Waals surface area contributed by atoms with Gasteiger partial charge in [0.2, 0.25) is 0 Å². The molecular weight excluding hydrogens is 346 g/mol. The van der Waals surface area contributed by atoms with Crippen LogP contribution < -0.4 is 5.32 Å². The largest absolute Gasteiger partial charge is 0.381 e. The van der Waals surface area contributed by atoms with Gasteiger partial charge in [0.25, 0.3) is 0 Å². The van der Waals surface area contributed by atoms with E-state index in [9.17, 15) is 0 Å². The third-order valence-corrected chi connectivity index (χ3v) is 6.23. The third kappa shape index (κ3) is 3.25. The lowest BCUT2D eigenvalue weighted by Gasteiger charge is -2.36. The van der Waals surface area contributed by atoms with Gasteiger partial charge in [-0.05, 0) is 48.7 Å². The predicted molar refractivity (Wildman–Crippen MR) is 111 cm³/mol. The first-order valence-electron chi connectivity index (χ1n) is 10.3. The lowest BCUT2D eigenvalue weighted by molar-refractivity contribution is 0.130. The van der Waals surface area contributed by atoms with Crippen LogP contribution in [0.25, 0.3) is 11.0 Å². The van der Waals surface area contributed by atoms with Crippen molar-refractivity contribution in [1.82, 2.24) is 14.5 Å². The molecule has 2 aliphatic rings. The highest BCUT2D eigenvalue weighted by atomic mass is 15.2. The van der Waals surface area contributed by atoms with Crippen LogP contribution >= 0.6 is 0 Å². The Balaban J connectivity index is 1.33. The molecule has 0 radical (unpaired) electrons. The Kier molecular flexibility index (Phi) is 4.50. The second kappa shape index (κ2) is 7.29. The summed E-state index contributed by atoms with van der Waals surface area (Å²) in [6, 6.07) is 17.2. The third-order valence-electron chi connectivity index (χ3n) is 6.23. The Morgan fingerprint density at radius 3 is 2.68 bits per heavy atom. The fourth-order valence-corrected chi connectivity index (χ4v) is 4.33. The summed E-state index contributed by atoms with van der Waals surface area (Å²) in [6.45, 7) is 4.04. The molecule has 0 unspecified atom stereocenters. The van der Waals surface area contributed by atoms with Gasteiger partial charge in [-0.25, -0.2) is 4.98 Å². The minimum absolute atomic E-state index is 0.697. The number of rotatable bonds is 4.